The first kappa shape index (κ1) is 16.6. The lowest BCUT2D eigenvalue weighted by Gasteiger charge is -2.26. The molecule has 1 rings (SSSR count). The van der Waals surface area contributed by atoms with Gasteiger partial charge in [0, 0.05) is 19.1 Å². The number of carbonyl (C=O) groups is 1. The van der Waals surface area contributed by atoms with Crippen molar-refractivity contribution in [2.45, 2.75) is 32.4 Å². The Labute approximate surface area is 125 Å². The van der Waals surface area contributed by atoms with Crippen LogP contribution in [-0.2, 0) is 16.1 Å². The topological polar surface area (TPSA) is 99.2 Å². The van der Waals surface area contributed by atoms with Crippen LogP contribution in [0.2, 0.25) is 0 Å². The third-order valence-electron chi connectivity index (χ3n) is 2.58. The Hall–Kier alpha value is -1.41. The van der Waals surface area contributed by atoms with E-state index < -0.39 is 11.4 Å². The summed E-state index contributed by atoms with van der Waals surface area (Å²) < 4.78 is 6.58. The minimum absolute atomic E-state index is 0.145. The normalized spacial score (nSPS) is 11.4. The molecule has 0 radical (unpaired) electrons. The monoisotopic (exact) mass is 346 g/mol. The lowest BCUT2D eigenvalue weighted by molar-refractivity contribution is -0.118. The lowest BCUT2D eigenvalue weighted by atomic mass is 10.00. The van der Waals surface area contributed by atoms with Crippen molar-refractivity contribution in [1.29, 1.82) is 0 Å². The molecule has 1 aromatic rings. The molecule has 20 heavy (non-hydrogen) atoms. The zero-order valence-corrected chi connectivity index (χ0v) is 13.4. The Morgan fingerprint density at radius 3 is 2.80 bits per heavy atom. The molecule has 0 aliphatic heterocycles. The molecule has 1 aromatic heterocycles. The zero-order chi connectivity index (χ0) is 15.3. The van der Waals surface area contributed by atoms with Crippen molar-refractivity contribution < 1.29 is 9.53 Å². The van der Waals surface area contributed by atoms with E-state index in [0.29, 0.717) is 23.3 Å². The number of carbonyl (C=O) groups excluding carboxylic acids is 1. The van der Waals surface area contributed by atoms with Crippen LogP contribution >= 0.6 is 15.9 Å². The third kappa shape index (κ3) is 4.61. The van der Waals surface area contributed by atoms with Gasteiger partial charge in [0.2, 0.25) is 5.91 Å². The summed E-state index contributed by atoms with van der Waals surface area (Å²) in [5.74, 6) is -0.417. The summed E-state index contributed by atoms with van der Waals surface area (Å²) in [5, 5.41) is 7.14. The van der Waals surface area contributed by atoms with E-state index in [9.17, 15) is 9.59 Å². The van der Waals surface area contributed by atoms with Gasteiger partial charge in [-0.05, 0) is 29.8 Å². The zero-order valence-electron chi connectivity index (χ0n) is 11.8. The fourth-order valence-corrected chi connectivity index (χ4v) is 2.14. The summed E-state index contributed by atoms with van der Waals surface area (Å²) in [6.45, 7) is 4.42. The highest BCUT2D eigenvalue weighted by molar-refractivity contribution is 9.10. The molecule has 0 spiro atoms. The Morgan fingerprint density at radius 1 is 1.60 bits per heavy atom. The molecule has 0 fully saturated rings. The van der Waals surface area contributed by atoms with E-state index in [-0.39, 0.29) is 12.0 Å². The average Bonchev–Trinajstić information content (AvgIpc) is 2.32. The van der Waals surface area contributed by atoms with Crippen molar-refractivity contribution in [1.82, 2.24) is 9.78 Å². The number of hydrogen-bond donors (Lipinski definition) is 2. The predicted molar refractivity (Wildman–Crippen MR) is 79.6 cm³/mol. The predicted octanol–water partition coefficient (Wildman–Crippen LogP) is 0.718. The van der Waals surface area contributed by atoms with E-state index in [0.717, 1.165) is 0 Å². The highest BCUT2D eigenvalue weighted by atomic mass is 79.9. The molecule has 8 heteroatoms. The number of rotatable bonds is 7. The van der Waals surface area contributed by atoms with Gasteiger partial charge in [-0.2, -0.15) is 5.10 Å². The molecular weight excluding hydrogens is 328 g/mol. The highest BCUT2D eigenvalue weighted by Crippen LogP contribution is 2.22. The summed E-state index contributed by atoms with van der Waals surface area (Å²) in [4.78, 5) is 23.1. The highest BCUT2D eigenvalue weighted by Gasteiger charge is 2.22. The minimum Gasteiger partial charge on any atom is -0.383 e. The van der Waals surface area contributed by atoms with Crippen LogP contribution in [0.5, 0.6) is 0 Å². The van der Waals surface area contributed by atoms with E-state index in [1.54, 1.807) is 7.11 Å². The molecule has 0 aliphatic rings. The van der Waals surface area contributed by atoms with Crippen molar-refractivity contribution in [2.24, 2.45) is 5.73 Å². The molecular formula is C12H19BrN4O3. The van der Waals surface area contributed by atoms with Gasteiger partial charge in [-0.25, -0.2) is 4.68 Å². The first-order valence-corrected chi connectivity index (χ1v) is 6.87. The standard InChI is InChI=1S/C12H19BrN4O3/c1-12(2,6-9(14)18)16-8-7-15-17(4-5-20-3)11(19)10(8)13/h7,16H,4-6H2,1-3H3,(H2,14,18). The Balaban J connectivity index is 2.95. The minimum atomic E-state index is -0.568. The van der Waals surface area contributed by atoms with Crippen molar-refractivity contribution in [3.8, 4) is 0 Å². The number of halogens is 1. The van der Waals surface area contributed by atoms with Gasteiger partial charge >= 0.3 is 0 Å². The van der Waals surface area contributed by atoms with Crippen LogP contribution in [0.1, 0.15) is 20.3 Å². The van der Waals surface area contributed by atoms with E-state index in [4.69, 9.17) is 10.5 Å². The first-order chi connectivity index (χ1) is 9.26. The van der Waals surface area contributed by atoms with Crippen molar-refractivity contribution in [3.05, 3.63) is 21.0 Å². The number of amides is 1. The van der Waals surface area contributed by atoms with Crippen molar-refractivity contribution in [2.75, 3.05) is 19.0 Å². The molecule has 0 saturated heterocycles. The second kappa shape index (κ2) is 6.85. The van der Waals surface area contributed by atoms with Gasteiger partial charge in [-0.15, -0.1) is 0 Å². The number of primary amides is 1. The van der Waals surface area contributed by atoms with Gasteiger partial charge in [0.15, 0.2) is 0 Å². The molecule has 1 heterocycles. The van der Waals surface area contributed by atoms with Crippen LogP contribution in [0.3, 0.4) is 0 Å². The van der Waals surface area contributed by atoms with Crippen LogP contribution in [-0.4, -0.2) is 34.9 Å². The summed E-state index contributed by atoms with van der Waals surface area (Å²) in [5.41, 5.74) is 4.89. The number of anilines is 1. The quantitative estimate of drug-likeness (QED) is 0.757. The third-order valence-corrected chi connectivity index (χ3v) is 3.35. The fourth-order valence-electron chi connectivity index (χ4n) is 1.73. The van der Waals surface area contributed by atoms with Gasteiger partial charge < -0.3 is 15.8 Å². The van der Waals surface area contributed by atoms with Crippen molar-refractivity contribution >= 4 is 27.5 Å². The summed E-state index contributed by atoms with van der Waals surface area (Å²) in [6, 6.07) is 0. The Kier molecular flexibility index (Phi) is 5.70. The number of methoxy groups -OCH3 is 1. The largest absolute Gasteiger partial charge is 0.383 e. The van der Waals surface area contributed by atoms with Gasteiger partial charge in [0.05, 0.1) is 25.0 Å². The molecule has 3 N–H and O–H groups in total. The number of ether oxygens (including phenoxy) is 1. The van der Waals surface area contributed by atoms with Crippen LogP contribution < -0.4 is 16.6 Å². The van der Waals surface area contributed by atoms with E-state index in [1.807, 2.05) is 13.8 Å². The molecule has 0 aliphatic carbocycles. The van der Waals surface area contributed by atoms with Crippen LogP contribution in [0.4, 0.5) is 5.69 Å². The van der Waals surface area contributed by atoms with Gasteiger partial charge in [-0.3, -0.25) is 9.59 Å². The maximum absolute atomic E-state index is 12.1. The van der Waals surface area contributed by atoms with Crippen LogP contribution in [0.15, 0.2) is 15.5 Å². The molecule has 0 unspecified atom stereocenters. The second-order valence-corrected chi connectivity index (χ2v) is 5.84. The Bertz CT molecular complexity index is 542. The summed E-state index contributed by atoms with van der Waals surface area (Å²) in [7, 11) is 1.56. The molecule has 1 amide bonds. The number of nitrogens with one attached hydrogen (secondary N) is 1. The number of aromatic nitrogens is 2. The Morgan fingerprint density at radius 2 is 2.25 bits per heavy atom. The number of nitrogens with two attached hydrogens (primary N) is 1. The van der Waals surface area contributed by atoms with Crippen molar-refractivity contribution in [3.63, 3.8) is 0 Å². The number of nitrogens with zero attached hydrogens (tertiary/aromatic N) is 2. The molecule has 0 bridgehead atoms. The van der Waals surface area contributed by atoms with E-state index >= 15 is 0 Å². The van der Waals surface area contributed by atoms with E-state index in [1.165, 1.54) is 10.9 Å². The molecule has 0 atom stereocenters. The maximum Gasteiger partial charge on any atom is 0.283 e. The van der Waals surface area contributed by atoms with Crippen LogP contribution in [0.25, 0.3) is 0 Å². The van der Waals surface area contributed by atoms with Gasteiger partial charge in [-0.1, -0.05) is 0 Å². The average molecular weight is 347 g/mol. The lowest BCUT2D eigenvalue weighted by Crippen LogP contribution is -2.37. The van der Waals surface area contributed by atoms with Gasteiger partial charge in [0.25, 0.3) is 5.56 Å². The van der Waals surface area contributed by atoms with Crippen LogP contribution in [0, 0.1) is 0 Å². The van der Waals surface area contributed by atoms with E-state index in [2.05, 4.69) is 26.3 Å². The summed E-state index contributed by atoms with van der Waals surface area (Å²) in [6.07, 6.45) is 1.68. The first-order valence-electron chi connectivity index (χ1n) is 6.08. The molecule has 112 valence electrons. The molecule has 7 nitrogen and oxygen atoms in total. The van der Waals surface area contributed by atoms with Gasteiger partial charge in [0.1, 0.15) is 4.47 Å². The SMILES string of the molecule is COCCn1ncc(NC(C)(C)CC(N)=O)c(Br)c1=O. The maximum atomic E-state index is 12.1. The molecule has 0 aromatic carbocycles. The number of hydrogen-bond acceptors (Lipinski definition) is 5. The molecule has 0 saturated carbocycles. The smallest absolute Gasteiger partial charge is 0.283 e. The fraction of sp³-hybridized carbons (Fsp3) is 0.583. The summed E-state index contributed by atoms with van der Waals surface area (Å²) >= 11 is 3.25. The second-order valence-electron chi connectivity index (χ2n) is 5.05.